The first-order chi connectivity index (χ1) is 8.66. The third-order valence-corrected chi connectivity index (χ3v) is 4.46. The Hall–Kier alpha value is -0.610. The normalized spacial score (nSPS) is 25.2. The summed E-state index contributed by atoms with van der Waals surface area (Å²) in [5.41, 5.74) is 5.97. The van der Waals surface area contributed by atoms with Gasteiger partial charge in [-0.05, 0) is 31.6 Å². The summed E-state index contributed by atoms with van der Waals surface area (Å²) < 4.78 is 0. The number of nitrogens with two attached hydrogens (primary N) is 1. The standard InChI is InChI=1S/C14H26N2O2/c15-12(9-10-5-2-1-3-6-10)13(17)14(18)16-11-7-4-8-11/h10-13,17H,1-9,15H2,(H,16,18)/t12-,13?/m1/s1. The minimum absolute atomic E-state index is 0.272. The Morgan fingerprint density at radius 3 is 2.39 bits per heavy atom. The molecule has 0 aromatic carbocycles. The predicted molar refractivity (Wildman–Crippen MR) is 71.0 cm³/mol. The van der Waals surface area contributed by atoms with E-state index in [2.05, 4.69) is 5.32 Å². The largest absolute Gasteiger partial charge is 0.382 e. The number of carbonyl (C=O) groups is 1. The van der Waals surface area contributed by atoms with Gasteiger partial charge in [-0.2, -0.15) is 0 Å². The number of carbonyl (C=O) groups excluding carboxylic acids is 1. The second-order valence-electron chi connectivity index (χ2n) is 5.98. The Labute approximate surface area is 109 Å². The van der Waals surface area contributed by atoms with Crippen molar-refractivity contribution < 1.29 is 9.90 Å². The van der Waals surface area contributed by atoms with Gasteiger partial charge in [0.1, 0.15) is 6.10 Å². The van der Waals surface area contributed by atoms with E-state index in [1.165, 1.54) is 38.5 Å². The highest BCUT2D eigenvalue weighted by atomic mass is 16.3. The first kappa shape index (κ1) is 13.8. The molecule has 2 atom stereocenters. The van der Waals surface area contributed by atoms with Crippen LogP contribution in [0.3, 0.4) is 0 Å². The topological polar surface area (TPSA) is 75.3 Å². The van der Waals surface area contributed by atoms with E-state index in [9.17, 15) is 9.90 Å². The molecule has 104 valence electrons. The van der Waals surface area contributed by atoms with Crippen molar-refractivity contribution in [3.05, 3.63) is 0 Å². The van der Waals surface area contributed by atoms with Crippen LogP contribution < -0.4 is 11.1 Å². The van der Waals surface area contributed by atoms with E-state index in [1.807, 2.05) is 0 Å². The Bertz CT molecular complexity index is 273. The van der Waals surface area contributed by atoms with Crippen LogP contribution in [-0.2, 0) is 4.79 Å². The fourth-order valence-corrected chi connectivity index (χ4v) is 2.97. The first-order valence-corrected chi connectivity index (χ1v) is 7.41. The summed E-state index contributed by atoms with van der Waals surface area (Å²) in [4.78, 5) is 11.8. The van der Waals surface area contributed by atoms with Gasteiger partial charge in [0, 0.05) is 12.1 Å². The second kappa shape index (κ2) is 6.53. The zero-order chi connectivity index (χ0) is 13.0. The SMILES string of the molecule is N[C@H](CC1CCCCC1)C(O)C(=O)NC1CCC1. The van der Waals surface area contributed by atoms with Crippen molar-refractivity contribution in [2.24, 2.45) is 11.7 Å². The highest BCUT2D eigenvalue weighted by Gasteiger charge is 2.29. The highest BCUT2D eigenvalue weighted by molar-refractivity contribution is 5.81. The third-order valence-electron chi connectivity index (χ3n) is 4.46. The molecule has 1 unspecified atom stereocenters. The van der Waals surface area contributed by atoms with Gasteiger partial charge in [0.15, 0.2) is 0 Å². The smallest absolute Gasteiger partial charge is 0.250 e. The molecule has 2 saturated carbocycles. The molecule has 18 heavy (non-hydrogen) atoms. The molecule has 0 aliphatic heterocycles. The molecule has 0 saturated heterocycles. The van der Waals surface area contributed by atoms with E-state index in [-0.39, 0.29) is 11.9 Å². The minimum Gasteiger partial charge on any atom is -0.382 e. The van der Waals surface area contributed by atoms with Gasteiger partial charge in [0.2, 0.25) is 0 Å². The lowest BCUT2D eigenvalue weighted by Crippen LogP contribution is -2.51. The molecule has 4 nitrogen and oxygen atoms in total. The Morgan fingerprint density at radius 2 is 1.83 bits per heavy atom. The number of rotatable bonds is 5. The van der Waals surface area contributed by atoms with Gasteiger partial charge in [-0.25, -0.2) is 0 Å². The second-order valence-corrected chi connectivity index (χ2v) is 5.98. The van der Waals surface area contributed by atoms with Crippen LogP contribution in [0.2, 0.25) is 0 Å². The van der Waals surface area contributed by atoms with Gasteiger partial charge in [0.05, 0.1) is 0 Å². The molecular formula is C14H26N2O2. The van der Waals surface area contributed by atoms with Gasteiger partial charge in [-0.1, -0.05) is 32.1 Å². The fourth-order valence-electron chi connectivity index (χ4n) is 2.97. The van der Waals surface area contributed by atoms with Crippen LogP contribution in [0.5, 0.6) is 0 Å². The molecule has 2 aliphatic carbocycles. The lowest BCUT2D eigenvalue weighted by Gasteiger charge is -2.30. The van der Waals surface area contributed by atoms with E-state index in [4.69, 9.17) is 5.73 Å². The van der Waals surface area contributed by atoms with E-state index in [0.717, 1.165) is 19.3 Å². The molecule has 4 N–H and O–H groups in total. The number of aliphatic hydroxyl groups is 1. The molecule has 0 bridgehead atoms. The fraction of sp³-hybridized carbons (Fsp3) is 0.929. The molecule has 2 aliphatic rings. The van der Waals surface area contributed by atoms with Crippen molar-refractivity contribution in [1.82, 2.24) is 5.32 Å². The van der Waals surface area contributed by atoms with Crippen molar-refractivity contribution in [2.75, 3.05) is 0 Å². The minimum atomic E-state index is -1.03. The average molecular weight is 254 g/mol. The number of nitrogens with one attached hydrogen (secondary N) is 1. The van der Waals surface area contributed by atoms with Crippen LogP contribution in [0.4, 0.5) is 0 Å². The van der Waals surface area contributed by atoms with E-state index in [1.54, 1.807) is 0 Å². The van der Waals surface area contributed by atoms with Gasteiger partial charge in [-0.3, -0.25) is 4.79 Å². The third kappa shape index (κ3) is 3.69. The first-order valence-electron chi connectivity index (χ1n) is 7.41. The summed E-state index contributed by atoms with van der Waals surface area (Å²) in [6, 6.07) is -0.137. The molecule has 4 heteroatoms. The van der Waals surface area contributed by atoms with Crippen LogP contribution in [-0.4, -0.2) is 29.2 Å². The van der Waals surface area contributed by atoms with Crippen LogP contribution >= 0.6 is 0 Å². The quantitative estimate of drug-likeness (QED) is 0.692. The van der Waals surface area contributed by atoms with Crippen molar-refractivity contribution in [2.45, 2.75) is 76.0 Å². The summed E-state index contributed by atoms with van der Waals surface area (Å²) in [6.45, 7) is 0. The number of aliphatic hydroxyl groups excluding tert-OH is 1. The maximum Gasteiger partial charge on any atom is 0.250 e. The van der Waals surface area contributed by atoms with E-state index < -0.39 is 12.1 Å². The van der Waals surface area contributed by atoms with Crippen molar-refractivity contribution in [1.29, 1.82) is 0 Å². The van der Waals surface area contributed by atoms with E-state index in [0.29, 0.717) is 5.92 Å². The lowest BCUT2D eigenvalue weighted by molar-refractivity contribution is -0.131. The molecule has 2 rings (SSSR count). The predicted octanol–water partition coefficient (Wildman–Crippen LogP) is 1.31. The highest BCUT2D eigenvalue weighted by Crippen LogP contribution is 2.27. The van der Waals surface area contributed by atoms with Crippen LogP contribution in [0.1, 0.15) is 57.8 Å². The van der Waals surface area contributed by atoms with Gasteiger partial charge in [-0.15, -0.1) is 0 Å². The molecule has 0 aromatic heterocycles. The summed E-state index contributed by atoms with van der Waals surface area (Å²) in [5.74, 6) is 0.322. The summed E-state index contributed by atoms with van der Waals surface area (Å²) in [7, 11) is 0. The monoisotopic (exact) mass is 254 g/mol. The Morgan fingerprint density at radius 1 is 1.17 bits per heavy atom. The summed E-state index contributed by atoms with van der Waals surface area (Å²) in [6.07, 6.45) is 9.24. The zero-order valence-corrected chi connectivity index (χ0v) is 11.1. The van der Waals surface area contributed by atoms with Gasteiger partial charge >= 0.3 is 0 Å². The summed E-state index contributed by atoms with van der Waals surface area (Å²) in [5, 5.41) is 12.8. The zero-order valence-electron chi connectivity index (χ0n) is 11.1. The Balaban J connectivity index is 1.72. The van der Waals surface area contributed by atoms with E-state index >= 15 is 0 Å². The molecule has 2 fully saturated rings. The van der Waals surface area contributed by atoms with Gasteiger partial charge < -0.3 is 16.2 Å². The van der Waals surface area contributed by atoms with Crippen molar-refractivity contribution in [3.8, 4) is 0 Å². The molecule has 0 heterocycles. The van der Waals surface area contributed by atoms with Crippen LogP contribution in [0.15, 0.2) is 0 Å². The molecule has 0 radical (unpaired) electrons. The summed E-state index contributed by atoms with van der Waals surface area (Å²) >= 11 is 0. The molecule has 0 spiro atoms. The average Bonchev–Trinajstić information content (AvgIpc) is 2.33. The maximum absolute atomic E-state index is 11.8. The molecule has 0 aromatic rings. The van der Waals surface area contributed by atoms with Crippen molar-refractivity contribution >= 4 is 5.91 Å². The maximum atomic E-state index is 11.8. The Kier molecular flexibility index (Phi) is 5.01. The molecular weight excluding hydrogens is 228 g/mol. The molecule has 1 amide bonds. The van der Waals surface area contributed by atoms with Crippen LogP contribution in [0.25, 0.3) is 0 Å². The number of hydrogen-bond acceptors (Lipinski definition) is 3. The number of hydrogen-bond donors (Lipinski definition) is 3. The van der Waals surface area contributed by atoms with Crippen LogP contribution in [0, 0.1) is 5.92 Å². The lowest BCUT2D eigenvalue weighted by atomic mass is 9.83. The van der Waals surface area contributed by atoms with Crippen molar-refractivity contribution in [3.63, 3.8) is 0 Å². The number of amides is 1. The van der Waals surface area contributed by atoms with Gasteiger partial charge in [0.25, 0.3) is 5.91 Å².